The van der Waals surface area contributed by atoms with Gasteiger partial charge in [-0.2, -0.15) is 11.8 Å². The summed E-state index contributed by atoms with van der Waals surface area (Å²) in [5.74, 6) is 1.43. The molecule has 0 aromatic carbocycles. The van der Waals surface area contributed by atoms with Gasteiger partial charge in [-0.05, 0) is 24.9 Å². The van der Waals surface area contributed by atoms with Crippen molar-refractivity contribution in [1.29, 1.82) is 0 Å². The Morgan fingerprint density at radius 2 is 0.906 bits per heavy atom. The fourth-order valence-corrected chi connectivity index (χ4v) is 3.53. The summed E-state index contributed by atoms with van der Waals surface area (Å²) >= 11 is 1.96. The van der Waals surface area contributed by atoms with Crippen molar-refractivity contribution in [1.82, 2.24) is 0 Å². The fourth-order valence-electron chi connectivity index (χ4n) is 3.03. The first kappa shape index (κ1) is 31.8. The maximum Gasteiger partial charge on any atom is 0.158 e. The number of ether oxygens (including phenoxy) is 5. The van der Waals surface area contributed by atoms with E-state index in [1.807, 2.05) is 18.7 Å². The Kier molecular flexibility index (Phi) is 28.7. The zero-order valence-corrected chi connectivity index (χ0v) is 21.7. The largest absolute Gasteiger partial charge is 0.379 e. The molecule has 0 spiro atoms. The van der Waals surface area contributed by atoms with Crippen LogP contribution in [-0.4, -0.2) is 83.9 Å². The minimum atomic E-state index is 0.114. The quantitative estimate of drug-likeness (QED) is 0.141. The normalized spacial score (nSPS) is 11.3. The zero-order chi connectivity index (χ0) is 23.4. The SMILES string of the molecule is CCC(=O)COCCOCCOCCOCCOCCCCCCCCCCCCSC. The van der Waals surface area contributed by atoms with E-state index in [0.29, 0.717) is 59.3 Å². The van der Waals surface area contributed by atoms with E-state index < -0.39 is 0 Å². The third-order valence-electron chi connectivity index (χ3n) is 5.03. The Morgan fingerprint density at radius 3 is 1.34 bits per heavy atom. The van der Waals surface area contributed by atoms with Gasteiger partial charge >= 0.3 is 0 Å². The van der Waals surface area contributed by atoms with Crippen LogP contribution in [0.4, 0.5) is 0 Å². The van der Waals surface area contributed by atoms with Crippen molar-refractivity contribution in [3.8, 4) is 0 Å². The minimum Gasteiger partial charge on any atom is -0.379 e. The standard InChI is InChI=1S/C25H50O6S/c1-3-25(26)24-31-22-21-30-20-19-29-18-17-28-16-15-27-14-12-10-8-6-4-5-7-9-11-13-23-32-2/h3-24H2,1-2H3. The molecular weight excluding hydrogens is 428 g/mol. The van der Waals surface area contributed by atoms with Crippen molar-refractivity contribution in [3.63, 3.8) is 0 Å². The highest BCUT2D eigenvalue weighted by Gasteiger charge is 1.98. The number of Topliss-reactive ketones (excluding diaryl/α,β-unsaturated/α-hetero) is 1. The summed E-state index contributed by atoms with van der Waals surface area (Å²) < 4.78 is 27.1. The third kappa shape index (κ3) is 27.9. The predicted octanol–water partition coefficient (Wildman–Crippen LogP) is 5.31. The molecular formula is C25H50O6S. The molecule has 0 radical (unpaired) electrons. The first-order valence-corrected chi connectivity index (χ1v) is 14.1. The molecule has 0 aliphatic carbocycles. The van der Waals surface area contributed by atoms with Crippen LogP contribution in [0.25, 0.3) is 0 Å². The zero-order valence-electron chi connectivity index (χ0n) is 20.9. The molecule has 0 N–H and O–H groups in total. The lowest BCUT2D eigenvalue weighted by atomic mass is 10.1. The van der Waals surface area contributed by atoms with Crippen molar-refractivity contribution in [2.24, 2.45) is 0 Å². The minimum absolute atomic E-state index is 0.114. The van der Waals surface area contributed by atoms with E-state index >= 15 is 0 Å². The lowest BCUT2D eigenvalue weighted by Crippen LogP contribution is -2.14. The third-order valence-corrected chi connectivity index (χ3v) is 5.73. The Bertz CT molecular complexity index is 370. The maximum atomic E-state index is 11.0. The number of unbranched alkanes of at least 4 members (excludes halogenated alkanes) is 9. The van der Waals surface area contributed by atoms with Gasteiger partial charge in [0.25, 0.3) is 0 Å². The summed E-state index contributed by atoms with van der Waals surface area (Å²) in [6.45, 7) is 7.21. The number of thioether (sulfide) groups is 1. The van der Waals surface area contributed by atoms with Crippen LogP contribution in [0.1, 0.15) is 77.6 Å². The maximum absolute atomic E-state index is 11.0. The van der Waals surface area contributed by atoms with Gasteiger partial charge < -0.3 is 23.7 Å². The molecule has 192 valence electrons. The molecule has 32 heavy (non-hydrogen) atoms. The Morgan fingerprint density at radius 1 is 0.531 bits per heavy atom. The van der Waals surface area contributed by atoms with Crippen molar-refractivity contribution < 1.29 is 28.5 Å². The fraction of sp³-hybridized carbons (Fsp3) is 0.960. The van der Waals surface area contributed by atoms with E-state index in [4.69, 9.17) is 23.7 Å². The molecule has 0 heterocycles. The van der Waals surface area contributed by atoms with Crippen LogP contribution < -0.4 is 0 Å². The summed E-state index contributed by atoms with van der Waals surface area (Å²) in [6.07, 6.45) is 16.2. The van der Waals surface area contributed by atoms with E-state index in [9.17, 15) is 4.79 Å². The number of carbonyl (C=O) groups excluding carboxylic acids is 1. The highest BCUT2D eigenvalue weighted by Crippen LogP contribution is 2.11. The Labute approximate surface area is 201 Å². The van der Waals surface area contributed by atoms with Crippen molar-refractivity contribution in [3.05, 3.63) is 0 Å². The second-order valence-electron chi connectivity index (χ2n) is 7.92. The highest BCUT2D eigenvalue weighted by molar-refractivity contribution is 7.98. The lowest BCUT2D eigenvalue weighted by molar-refractivity contribution is -0.123. The van der Waals surface area contributed by atoms with Crippen LogP contribution in [0.2, 0.25) is 0 Å². The van der Waals surface area contributed by atoms with E-state index in [-0.39, 0.29) is 12.4 Å². The van der Waals surface area contributed by atoms with Crippen LogP contribution in [0.5, 0.6) is 0 Å². The number of carbonyl (C=O) groups is 1. The molecule has 0 amide bonds. The molecule has 0 atom stereocenters. The van der Waals surface area contributed by atoms with Crippen molar-refractivity contribution in [2.75, 3.05) is 78.1 Å². The van der Waals surface area contributed by atoms with Gasteiger partial charge in [0.2, 0.25) is 0 Å². The van der Waals surface area contributed by atoms with Gasteiger partial charge in [0, 0.05) is 13.0 Å². The second kappa shape index (κ2) is 28.9. The van der Waals surface area contributed by atoms with Crippen LogP contribution in [0, 0.1) is 0 Å². The summed E-state index contributed by atoms with van der Waals surface area (Å²) in [4.78, 5) is 11.0. The van der Waals surface area contributed by atoms with Crippen LogP contribution >= 0.6 is 11.8 Å². The van der Waals surface area contributed by atoms with Gasteiger partial charge in [0.15, 0.2) is 5.78 Å². The van der Waals surface area contributed by atoms with E-state index in [1.165, 1.54) is 63.5 Å². The predicted molar refractivity (Wildman–Crippen MR) is 134 cm³/mol. The molecule has 0 aliphatic heterocycles. The highest BCUT2D eigenvalue weighted by atomic mass is 32.2. The van der Waals surface area contributed by atoms with Gasteiger partial charge in [0.05, 0.1) is 52.9 Å². The molecule has 0 saturated heterocycles. The van der Waals surface area contributed by atoms with Gasteiger partial charge in [-0.15, -0.1) is 0 Å². The Balaban J connectivity index is 3.02. The van der Waals surface area contributed by atoms with Gasteiger partial charge in [-0.25, -0.2) is 0 Å². The summed E-state index contributed by atoms with van der Waals surface area (Å²) in [5, 5.41) is 0. The average Bonchev–Trinajstić information content (AvgIpc) is 2.81. The molecule has 0 rings (SSSR count). The van der Waals surface area contributed by atoms with E-state index in [1.54, 1.807) is 0 Å². The Hall–Kier alpha value is -0.180. The summed E-state index contributed by atoms with van der Waals surface area (Å²) in [6, 6.07) is 0. The topological polar surface area (TPSA) is 63.2 Å². The molecule has 0 unspecified atom stereocenters. The second-order valence-corrected chi connectivity index (χ2v) is 8.91. The first-order valence-electron chi connectivity index (χ1n) is 12.7. The van der Waals surface area contributed by atoms with E-state index in [2.05, 4.69) is 6.26 Å². The van der Waals surface area contributed by atoms with Crippen molar-refractivity contribution in [2.45, 2.75) is 77.6 Å². The molecule has 6 nitrogen and oxygen atoms in total. The molecule has 0 fully saturated rings. The van der Waals surface area contributed by atoms with Gasteiger partial charge in [-0.3, -0.25) is 4.79 Å². The first-order chi connectivity index (χ1) is 15.8. The molecule has 0 aromatic rings. The van der Waals surface area contributed by atoms with Crippen LogP contribution in [0.15, 0.2) is 0 Å². The van der Waals surface area contributed by atoms with Crippen molar-refractivity contribution >= 4 is 17.5 Å². The number of ketones is 1. The number of rotatable bonds is 28. The van der Waals surface area contributed by atoms with Crippen LogP contribution in [0.3, 0.4) is 0 Å². The molecule has 0 saturated carbocycles. The van der Waals surface area contributed by atoms with E-state index in [0.717, 1.165) is 13.0 Å². The molecule has 0 aliphatic rings. The smallest absolute Gasteiger partial charge is 0.158 e. The average molecular weight is 479 g/mol. The monoisotopic (exact) mass is 478 g/mol. The summed E-state index contributed by atoms with van der Waals surface area (Å²) in [7, 11) is 0. The van der Waals surface area contributed by atoms with Gasteiger partial charge in [0.1, 0.15) is 6.61 Å². The number of hydrogen-bond acceptors (Lipinski definition) is 7. The summed E-state index contributed by atoms with van der Waals surface area (Å²) in [5.41, 5.74) is 0. The molecule has 0 bridgehead atoms. The van der Waals surface area contributed by atoms with Crippen LogP contribution in [-0.2, 0) is 28.5 Å². The number of hydrogen-bond donors (Lipinski definition) is 0. The molecule has 0 aromatic heterocycles. The lowest BCUT2D eigenvalue weighted by Gasteiger charge is -2.08. The molecule has 7 heteroatoms. The van der Waals surface area contributed by atoms with Gasteiger partial charge in [-0.1, -0.05) is 58.3 Å².